The van der Waals surface area contributed by atoms with E-state index in [1.165, 1.54) is 11.1 Å². The zero-order chi connectivity index (χ0) is 26.8. The van der Waals surface area contributed by atoms with Gasteiger partial charge < -0.3 is 9.67 Å². The van der Waals surface area contributed by atoms with E-state index < -0.39 is 5.97 Å². The third-order valence-corrected chi connectivity index (χ3v) is 7.39. The Morgan fingerprint density at radius 3 is 2.34 bits per heavy atom. The van der Waals surface area contributed by atoms with Crippen molar-refractivity contribution in [3.05, 3.63) is 124 Å². The molecule has 0 radical (unpaired) electrons. The lowest BCUT2D eigenvalue weighted by molar-refractivity contribution is 0.0697. The lowest BCUT2D eigenvalue weighted by Gasteiger charge is -2.17. The zero-order valence-electron chi connectivity index (χ0n) is 21.9. The number of aromatic carboxylic acids is 1. The van der Waals surface area contributed by atoms with Crippen LogP contribution in [0.1, 0.15) is 59.6 Å². The minimum absolute atomic E-state index is 0.0665. The van der Waals surface area contributed by atoms with Crippen LogP contribution in [0.15, 0.2) is 91.0 Å². The average Bonchev–Trinajstić information content (AvgIpc) is 3.27. The number of rotatable bonds is 8. The molecule has 5 aromatic rings. The van der Waals surface area contributed by atoms with Crippen LogP contribution in [0.2, 0.25) is 5.02 Å². The summed E-state index contributed by atoms with van der Waals surface area (Å²) in [6.07, 6.45) is 1.06. The fraction of sp³-hybridized carbons (Fsp3) is 0.212. The van der Waals surface area contributed by atoms with Gasteiger partial charge in [0.1, 0.15) is 5.82 Å². The number of halogens is 1. The summed E-state index contributed by atoms with van der Waals surface area (Å²) in [6.45, 7) is 7.27. The van der Waals surface area contributed by atoms with Crippen LogP contribution in [-0.4, -0.2) is 20.6 Å². The second-order valence-corrected chi connectivity index (χ2v) is 10.7. The van der Waals surface area contributed by atoms with Crippen molar-refractivity contribution >= 4 is 28.6 Å². The number of carboxylic acids is 1. The molecule has 0 amide bonds. The number of imidazole rings is 1. The summed E-state index contributed by atoms with van der Waals surface area (Å²) in [4.78, 5) is 16.6. The molecule has 1 atom stereocenters. The molecule has 5 rings (SSSR count). The number of hydrogen-bond acceptors (Lipinski definition) is 2. The molecule has 0 aliphatic rings. The Balaban J connectivity index is 1.60. The van der Waals surface area contributed by atoms with Crippen molar-refractivity contribution in [1.82, 2.24) is 9.55 Å². The molecular formula is C33H31ClN2O2. The van der Waals surface area contributed by atoms with Crippen molar-refractivity contribution in [1.29, 1.82) is 0 Å². The van der Waals surface area contributed by atoms with Crippen LogP contribution in [0.25, 0.3) is 22.2 Å². The summed E-state index contributed by atoms with van der Waals surface area (Å²) in [7, 11) is 0. The highest BCUT2D eigenvalue weighted by Gasteiger charge is 2.20. The minimum Gasteiger partial charge on any atom is -0.478 e. The molecule has 192 valence electrons. The summed E-state index contributed by atoms with van der Waals surface area (Å²) in [5, 5.41) is 10.2. The molecule has 1 N–H and O–H groups in total. The van der Waals surface area contributed by atoms with E-state index >= 15 is 0 Å². The van der Waals surface area contributed by atoms with Crippen molar-refractivity contribution < 1.29 is 9.90 Å². The molecule has 1 heterocycles. The van der Waals surface area contributed by atoms with Crippen molar-refractivity contribution in [3.8, 4) is 11.1 Å². The lowest BCUT2D eigenvalue weighted by Crippen LogP contribution is -2.10. The maximum absolute atomic E-state index is 11.5. The number of carboxylic acid groups (broad SMARTS) is 1. The quantitative estimate of drug-likeness (QED) is 0.222. The van der Waals surface area contributed by atoms with Gasteiger partial charge in [-0.05, 0) is 70.5 Å². The Morgan fingerprint density at radius 2 is 1.63 bits per heavy atom. The Morgan fingerprint density at radius 1 is 0.895 bits per heavy atom. The summed E-state index contributed by atoms with van der Waals surface area (Å²) in [6, 6.07) is 29.9. The van der Waals surface area contributed by atoms with E-state index in [0.717, 1.165) is 45.0 Å². The molecule has 5 heteroatoms. The van der Waals surface area contributed by atoms with Gasteiger partial charge in [-0.25, -0.2) is 9.78 Å². The largest absolute Gasteiger partial charge is 0.478 e. The van der Waals surface area contributed by atoms with E-state index in [-0.39, 0.29) is 11.5 Å². The van der Waals surface area contributed by atoms with Gasteiger partial charge in [0.15, 0.2) is 0 Å². The molecule has 1 unspecified atom stereocenters. The first-order valence-electron chi connectivity index (χ1n) is 13.0. The Kier molecular flexibility index (Phi) is 7.35. The van der Waals surface area contributed by atoms with Crippen LogP contribution in [0.3, 0.4) is 0 Å². The number of carbonyl (C=O) groups is 1. The molecule has 4 aromatic carbocycles. The van der Waals surface area contributed by atoms with Gasteiger partial charge in [0.05, 0.1) is 23.1 Å². The van der Waals surface area contributed by atoms with Gasteiger partial charge in [-0.1, -0.05) is 93.0 Å². The monoisotopic (exact) mass is 522 g/mol. The van der Waals surface area contributed by atoms with Gasteiger partial charge in [-0.2, -0.15) is 0 Å². The fourth-order valence-electron chi connectivity index (χ4n) is 5.02. The number of benzene rings is 4. The van der Waals surface area contributed by atoms with Crippen molar-refractivity contribution in [2.45, 2.75) is 39.7 Å². The molecule has 1 aromatic heterocycles. The molecule has 0 spiro atoms. The summed E-state index contributed by atoms with van der Waals surface area (Å²) < 4.78 is 2.25. The van der Waals surface area contributed by atoms with E-state index in [4.69, 9.17) is 16.6 Å². The van der Waals surface area contributed by atoms with Gasteiger partial charge in [0.2, 0.25) is 0 Å². The molecule has 0 aliphatic carbocycles. The second-order valence-electron chi connectivity index (χ2n) is 10.3. The molecule has 38 heavy (non-hydrogen) atoms. The average molecular weight is 523 g/mol. The third kappa shape index (κ3) is 5.36. The molecule has 0 saturated carbocycles. The van der Waals surface area contributed by atoms with Crippen LogP contribution in [-0.2, 0) is 13.0 Å². The standard InChI is InChI=1S/C33H31ClN2O2/c1-21(2)17-23-11-13-24(14-12-23)22(3)32-35-30-19-26(25-8-6-9-27(18-25)33(37)38)15-16-31(30)36(32)20-28-7-4-5-10-29(28)34/h4-16,18-19,21-22H,17,20H2,1-3H3,(H,37,38). The molecule has 4 nitrogen and oxygen atoms in total. The number of nitrogens with zero attached hydrogens (tertiary/aromatic N) is 2. The maximum Gasteiger partial charge on any atom is 0.335 e. The maximum atomic E-state index is 11.5. The van der Waals surface area contributed by atoms with Crippen molar-refractivity contribution in [3.63, 3.8) is 0 Å². The highest BCUT2D eigenvalue weighted by molar-refractivity contribution is 6.31. The van der Waals surface area contributed by atoms with E-state index in [0.29, 0.717) is 12.5 Å². The molecule has 0 fully saturated rings. The van der Waals surface area contributed by atoms with Crippen molar-refractivity contribution in [2.75, 3.05) is 0 Å². The topological polar surface area (TPSA) is 55.1 Å². The summed E-state index contributed by atoms with van der Waals surface area (Å²) in [5.41, 5.74) is 7.52. The van der Waals surface area contributed by atoms with Crippen LogP contribution >= 0.6 is 11.6 Å². The van der Waals surface area contributed by atoms with Crippen LogP contribution in [0.4, 0.5) is 0 Å². The number of hydrogen-bond donors (Lipinski definition) is 1. The van der Waals surface area contributed by atoms with Gasteiger partial charge in [0.25, 0.3) is 0 Å². The zero-order valence-corrected chi connectivity index (χ0v) is 22.6. The Bertz CT molecular complexity index is 1600. The minimum atomic E-state index is -0.938. The second kappa shape index (κ2) is 10.8. The highest BCUT2D eigenvalue weighted by atomic mass is 35.5. The number of aromatic nitrogens is 2. The molecule has 0 saturated heterocycles. The Hall–Kier alpha value is -3.89. The van der Waals surface area contributed by atoms with E-state index in [2.05, 4.69) is 61.7 Å². The predicted octanol–water partition coefficient (Wildman–Crippen LogP) is 8.45. The molecule has 0 bridgehead atoms. The highest BCUT2D eigenvalue weighted by Crippen LogP contribution is 2.32. The van der Waals surface area contributed by atoms with Gasteiger partial charge in [0, 0.05) is 10.9 Å². The fourth-order valence-corrected chi connectivity index (χ4v) is 5.21. The van der Waals surface area contributed by atoms with Gasteiger partial charge in [-0.15, -0.1) is 0 Å². The lowest BCUT2D eigenvalue weighted by atomic mass is 9.96. The van der Waals surface area contributed by atoms with Crippen molar-refractivity contribution in [2.24, 2.45) is 5.92 Å². The SMILES string of the molecule is CC(C)Cc1ccc(C(C)c2nc3cc(-c4cccc(C(=O)O)c4)ccc3n2Cc2ccccc2Cl)cc1. The molecule has 0 aliphatic heterocycles. The summed E-state index contributed by atoms with van der Waals surface area (Å²) in [5.74, 6) is 0.709. The predicted molar refractivity (Wildman–Crippen MR) is 155 cm³/mol. The first-order valence-corrected chi connectivity index (χ1v) is 13.3. The summed E-state index contributed by atoms with van der Waals surface area (Å²) >= 11 is 6.56. The van der Waals surface area contributed by atoms with E-state index in [1.54, 1.807) is 18.2 Å². The first-order chi connectivity index (χ1) is 18.3. The van der Waals surface area contributed by atoms with Gasteiger partial charge >= 0.3 is 5.97 Å². The third-order valence-electron chi connectivity index (χ3n) is 7.02. The normalized spacial score (nSPS) is 12.2. The smallest absolute Gasteiger partial charge is 0.335 e. The molecular weight excluding hydrogens is 492 g/mol. The first kappa shape index (κ1) is 25.7. The van der Waals surface area contributed by atoms with Crippen LogP contribution in [0.5, 0.6) is 0 Å². The van der Waals surface area contributed by atoms with Crippen LogP contribution in [0, 0.1) is 5.92 Å². The Labute approximate surface area is 228 Å². The van der Waals surface area contributed by atoms with E-state index in [1.807, 2.05) is 36.4 Å². The van der Waals surface area contributed by atoms with Gasteiger partial charge in [-0.3, -0.25) is 0 Å². The van der Waals surface area contributed by atoms with Crippen LogP contribution < -0.4 is 0 Å². The van der Waals surface area contributed by atoms with E-state index in [9.17, 15) is 9.90 Å². The number of fused-ring (bicyclic) bond motifs is 1.